The van der Waals surface area contributed by atoms with Crippen molar-refractivity contribution in [2.24, 2.45) is 0 Å². The van der Waals surface area contributed by atoms with E-state index < -0.39 is 50.2 Å². The van der Waals surface area contributed by atoms with E-state index in [9.17, 15) is 30.8 Å². The molecule has 1 atom stereocenters. The van der Waals surface area contributed by atoms with Crippen molar-refractivity contribution < 1.29 is 30.8 Å². The average molecular weight is 471 g/mol. The van der Waals surface area contributed by atoms with Crippen molar-refractivity contribution in [2.45, 2.75) is 23.5 Å². The number of nitriles is 1. The number of anilines is 1. The number of thiocarbonyl (C=S) groups is 1. The van der Waals surface area contributed by atoms with Gasteiger partial charge < -0.3 is 5.32 Å². The molecule has 0 radical (unpaired) electrons. The summed E-state index contributed by atoms with van der Waals surface area (Å²) in [7, 11) is -4.08. The molecule has 0 saturated carbocycles. The monoisotopic (exact) mass is 471 g/mol. The highest BCUT2D eigenvalue weighted by molar-refractivity contribution is 7.91. The fraction of sp³-hybridized carbons (Fsp3) is 0.211. The fourth-order valence-corrected chi connectivity index (χ4v) is 5.21. The molecule has 0 aliphatic carbocycles. The first-order chi connectivity index (χ1) is 14.3. The van der Waals surface area contributed by atoms with E-state index in [0.29, 0.717) is 6.07 Å². The summed E-state index contributed by atoms with van der Waals surface area (Å²) in [6.45, 7) is 1.25. The molecule has 1 heterocycles. The molecule has 0 bridgehead atoms. The maximum Gasteiger partial charge on any atom is 0.417 e. The Hall–Kier alpha value is -3.04. The van der Waals surface area contributed by atoms with Crippen LogP contribution in [0.25, 0.3) is 0 Å². The van der Waals surface area contributed by atoms with Crippen LogP contribution in [0.3, 0.4) is 0 Å². The third kappa shape index (κ3) is 4.24. The maximum absolute atomic E-state index is 13.3. The first-order valence-corrected chi connectivity index (χ1v) is 10.6. The van der Waals surface area contributed by atoms with Crippen LogP contribution in [0.5, 0.6) is 0 Å². The number of amides is 1. The second-order valence-corrected chi connectivity index (χ2v) is 9.33. The van der Waals surface area contributed by atoms with Gasteiger partial charge in [-0.2, -0.15) is 18.4 Å². The van der Waals surface area contributed by atoms with Crippen LogP contribution >= 0.6 is 12.2 Å². The number of nitrogens with zero attached hydrogens (tertiary/aromatic N) is 2. The molecule has 162 valence electrons. The number of hydrogen-bond donors (Lipinski definition) is 1. The molecular formula is C19H13F4N3O3S2. The van der Waals surface area contributed by atoms with Crippen molar-refractivity contribution in [1.82, 2.24) is 5.32 Å². The lowest BCUT2D eigenvalue weighted by atomic mass is 10.0. The van der Waals surface area contributed by atoms with Crippen LogP contribution in [0.15, 0.2) is 47.4 Å². The molecule has 2 aromatic carbocycles. The van der Waals surface area contributed by atoms with Gasteiger partial charge in [-0.15, -0.1) is 0 Å². The molecule has 1 fully saturated rings. The minimum Gasteiger partial charge on any atom is -0.347 e. The van der Waals surface area contributed by atoms with Crippen LogP contribution in [0.2, 0.25) is 0 Å². The number of rotatable bonds is 4. The zero-order chi connectivity index (χ0) is 23.2. The van der Waals surface area contributed by atoms with E-state index >= 15 is 0 Å². The number of alkyl halides is 3. The molecule has 1 saturated heterocycles. The van der Waals surface area contributed by atoms with Crippen molar-refractivity contribution in [3.63, 3.8) is 0 Å². The molecule has 0 spiro atoms. The predicted molar refractivity (Wildman–Crippen MR) is 106 cm³/mol. The first kappa shape index (κ1) is 22.6. The van der Waals surface area contributed by atoms with Crippen molar-refractivity contribution in [3.8, 4) is 6.07 Å². The Morgan fingerprint density at radius 2 is 1.81 bits per heavy atom. The Morgan fingerprint density at radius 3 is 2.35 bits per heavy atom. The Kier molecular flexibility index (Phi) is 5.54. The van der Waals surface area contributed by atoms with Gasteiger partial charge in [-0.1, -0.05) is 0 Å². The highest BCUT2D eigenvalue weighted by atomic mass is 32.2. The summed E-state index contributed by atoms with van der Waals surface area (Å²) in [5.41, 5.74) is -3.94. The Bertz CT molecular complexity index is 1220. The summed E-state index contributed by atoms with van der Waals surface area (Å²) < 4.78 is 78.3. The van der Waals surface area contributed by atoms with E-state index in [-0.39, 0.29) is 15.7 Å². The normalized spacial score (nSPS) is 19.3. The van der Waals surface area contributed by atoms with E-state index in [1.54, 1.807) is 0 Å². The lowest BCUT2D eigenvalue weighted by Gasteiger charge is -2.22. The highest BCUT2D eigenvalue weighted by Gasteiger charge is 2.49. The van der Waals surface area contributed by atoms with Crippen LogP contribution in [-0.4, -0.2) is 30.7 Å². The SMILES string of the molecule is C[C@]1(CS(=O)(=O)c2ccc(F)cc2)NC(=S)N(c2ccc(C#N)c(C(F)(F)F)c2)C1=O. The van der Waals surface area contributed by atoms with Gasteiger partial charge in [-0.3, -0.25) is 9.69 Å². The minimum absolute atomic E-state index is 0.230. The lowest BCUT2D eigenvalue weighted by molar-refractivity contribution is -0.137. The van der Waals surface area contributed by atoms with Crippen LogP contribution in [0.1, 0.15) is 18.1 Å². The van der Waals surface area contributed by atoms with Gasteiger partial charge in [0.25, 0.3) is 5.91 Å². The molecule has 12 heteroatoms. The van der Waals surface area contributed by atoms with Crippen LogP contribution < -0.4 is 10.2 Å². The van der Waals surface area contributed by atoms with Gasteiger partial charge in [-0.05, 0) is 61.6 Å². The molecule has 0 unspecified atom stereocenters. The number of nitrogens with one attached hydrogen (secondary N) is 1. The lowest BCUT2D eigenvalue weighted by Crippen LogP contribution is -2.49. The topological polar surface area (TPSA) is 90.3 Å². The highest BCUT2D eigenvalue weighted by Crippen LogP contribution is 2.36. The number of benzene rings is 2. The molecule has 0 aromatic heterocycles. The Morgan fingerprint density at radius 1 is 1.19 bits per heavy atom. The smallest absolute Gasteiger partial charge is 0.347 e. The first-order valence-electron chi connectivity index (χ1n) is 8.55. The number of carbonyl (C=O) groups excluding carboxylic acids is 1. The molecular weight excluding hydrogens is 458 g/mol. The van der Waals surface area contributed by atoms with Gasteiger partial charge in [0.15, 0.2) is 14.9 Å². The van der Waals surface area contributed by atoms with Crippen molar-refractivity contribution in [2.75, 3.05) is 10.7 Å². The van der Waals surface area contributed by atoms with Gasteiger partial charge in [0.05, 0.1) is 33.5 Å². The summed E-state index contributed by atoms with van der Waals surface area (Å²) in [5, 5.41) is 11.2. The summed E-state index contributed by atoms with van der Waals surface area (Å²) in [6.07, 6.45) is -4.85. The van der Waals surface area contributed by atoms with Crippen molar-refractivity contribution in [1.29, 1.82) is 5.26 Å². The second kappa shape index (κ2) is 7.58. The molecule has 1 aliphatic rings. The van der Waals surface area contributed by atoms with E-state index in [2.05, 4.69) is 5.32 Å². The maximum atomic E-state index is 13.3. The molecule has 31 heavy (non-hydrogen) atoms. The zero-order valence-electron chi connectivity index (χ0n) is 15.7. The number of halogens is 4. The van der Waals surface area contributed by atoms with E-state index in [1.807, 2.05) is 0 Å². The number of hydrogen-bond acceptors (Lipinski definition) is 5. The third-order valence-corrected chi connectivity index (χ3v) is 6.83. The molecule has 1 aliphatic heterocycles. The van der Waals surface area contributed by atoms with Gasteiger partial charge >= 0.3 is 6.18 Å². The van der Waals surface area contributed by atoms with E-state index in [4.69, 9.17) is 17.5 Å². The van der Waals surface area contributed by atoms with Crippen molar-refractivity contribution >= 4 is 38.8 Å². The average Bonchev–Trinajstić information content (AvgIpc) is 2.88. The van der Waals surface area contributed by atoms with Crippen LogP contribution in [0, 0.1) is 17.1 Å². The molecule has 6 nitrogen and oxygen atoms in total. The zero-order valence-corrected chi connectivity index (χ0v) is 17.3. The fourth-order valence-electron chi connectivity index (χ4n) is 3.13. The van der Waals surface area contributed by atoms with Gasteiger partial charge in [0.1, 0.15) is 11.4 Å². The van der Waals surface area contributed by atoms with Gasteiger partial charge in [-0.25, -0.2) is 12.8 Å². The molecule has 2 aromatic rings. The largest absolute Gasteiger partial charge is 0.417 e. The predicted octanol–water partition coefficient (Wildman–Crippen LogP) is 3.17. The summed E-state index contributed by atoms with van der Waals surface area (Å²) >= 11 is 5.07. The summed E-state index contributed by atoms with van der Waals surface area (Å²) in [4.78, 5) is 13.5. The molecule has 1 N–H and O–H groups in total. The van der Waals surface area contributed by atoms with E-state index in [1.165, 1.54) is 13.0 Å². The van der Waals surface area contributed by atoms with E-state index in [0.717, 1.165) is 41.3 Å². The Labute approximate surface area is 180 Å². The number of sulfone groups is 1. The standard InChI is InChI=1S/C19H13F4N3O3S2/c1-18(10-31(28,29)14-6-3-12(20)4-7-14)16(27)26(17(30)25-18)13-5-2-11(9-24)15(8-13)19(21,22)23/h2-8H,10H2,1H3,(H,25,30)/t18-/m1/s1. The quantitative estimate of drug-likeness (QED) is 0.419. The minimum atomic E-state index is -4.85. The van der Waals surface area contributed by atoms with Gasteiger partial charge in [0, 0.05) is 0 Å². The number of carbonyl (C=O) groups is 1. The summed E-state index contributed by atoms with van der Waals surface area (Å²) in [5.74, 6) is -2.31. The second-order valence-electron chi connectivity index (χ2n) is 6.96. The van der Waals surface area contributed by atoms with Crippen LogP contribution in [-0.2, 0) is 20.8 Å². The summed E-state index contributed by atoms with van der Waals surface area (Å²) in [6, 6.07) is 8.03. The van der Waals surface area contributed by atoms with Crippen LogP contribution in [0.4, 0.5) is 23.2 Å². The van der Waals surface area contributed by atoms with Crippen molar-refractivity contribution in [3.05, 3.63) is 59.4 Å². The van der Waals surface area contributed by atoms with Gasteiger partial charge in [0.2, 0.25) is 0 Å². The molecule has 3 rings (SSSR count). The Balaban J connectivity index is 1.97. The molecule has 1 amide bonds. The third-order valence-electron chi connectivity index (χ3n) is 4.60.